The largest absolute Gasteiger partial charge is 0.508 e. The molecule has 8 rings (SSSR count). The van der Waals surface area contributed by atoms with Gasteiger partial charge in [0.15, 0.2) is 0 Å². The number of rotatable bonds is 10. The molecule has 6 bridgehead atoms. The molecule has 364 valence electrons. The molecule has 2 aromatic carbocycles. The van der Waals surface area contributed by atoms with Gasteiger partial charge in [0.2, 0.25) is 17.7 Å². The maximum absolute atomic E-state index is 14.8. The molecule has 0 radical (unpaired) electrons. The van der Waals surface area contributed by atoms with E-state index in [4.69, 9.17) is 14.5 Å². The van der Waals surface area contributed by atoms with Gasteiger partial charge in [-0.1, -0.05) is 39.8 Å². The highest BCUT2D eigenvalue weighted by Gasteiger charge is 2.41. The number of hydrogen-bond acceptors (Lipinski definition) is 11. The Kier molecular flexibility index (Phi) is 14.3. The van der Waals surface area contributed by atoms with Crippen LogP contribution in [0, 0.1) is 17.3 Å². The fraction of sp³-hybridized carbons (Fsp3) is 0.538. The standard InChI is InChI=1S/C52H68N8O8/c1-9-59-43-17-16-33-25-38(43)39(46(59)37-14-10-18-53-44(37)31(4)67-8)26-52(5,6)29-68-51(66)40-15-12-20-60(56-40)50(65)41(23-32-21-35(33)24-36(61)22-32)55-47(62)45(30(2)3)57(7)48(63)34-13-11-19-58(28-34)49(64)42-27-54-42/h10,14,16-18,21-22,24-25,30-31,34,40-42,45,54,56,61H,9,11-13,15,19-20,23,26-29H2,1-8H3,(H,55,62)/t31-,34-,40-,41-,42-,45-/m0/s1. The second kappa shape index (κ2) is 20.0. The number of cyclic esters (lactones) is 1. The molecule has 4 amide bonds. The van der Waals surface area contributed by atoms with Crippen LogP contribution >= 0.6 is 0 Å². The van der Waals surface area contributed by atoms with Gasteiger partial charge in [0.05, 0.1) is 36.1 Å². The van der Waals surface area contributed by atoms with Gasteiger partial charge in [-0.25, -0.2) is 5.43 Å². The van der Waals surface area contributed by atoms with Gasteiger partial charge >= 0.3 is 5.97 Å². The van der Waals surface area contributed by atoms with Crippen LogP contribution in [-0.4, -0.2) is 130 Å². The molecule has 4 aliphatic heterocycles. The number of amides is 4. The Labute approximate surface area is 399 Å². The molecule has 4 aliphatic rings. The summed E-state index contributed by atoms with van der Waals surface area (Å²) in [6.45, 7) is 14.5. The lowest BCUT2D eigenvalue weighted by Gasteiger charge is -2.38. The Morgan fingerprint density at radius 1 is 1.04 bits per heavy atom. The number of hydrazine groups is 1. The fourth-order valence-corrected chi connectivity index (χ4v) is 10.5. The second-order valence-corrected chi connectivity index (χ2v) is 20.3. The maximum Gasteiger partial charge on any atom is 0.324 e. The number of carbonyl (C=O) groups excluding carboxylic acids is 5. The van der Waals surface area contributed by atoms with Crippen molar-refractivity contribution >= 4 is 40.5 Å². The number of pyridine rings is 1. The Hall–Kier alpha value is -5.84. The number of nitrogens with one attached hydrogen (secondary N) is 3. The quantitative estimate of drug-likeness (QED) is 0.121. The van der Waals surface area contributed by atoms with E-state index in [1.165, 1.54) is 9.91 Å². The number of methoxy groups -OCH3 is 1. The predicted octanol–water partition coefficient (Wildman–Crippen LogP) is 5.15. The number of piperidine rings is 1. The van der Waals surface area contributed by atoms with Crippen LogP contribution in [0.1, 0.15) is 90.2 Å². The summed E-state index contributed by atoms with van der Waals surface area (Å²) >= 11 is 0. The molecule has 16 nitrogen and oxygen atoms in total. The molecule has 16 heteroatoms. The van der Waals surface area contributed by atoms with Crippen LogP contribution in [-0.2, 0) is 52.8 Å². The van der Waals surface area contributed by atoms with Crippen LogP contribution in [0.4, 0.5) is 0 Å². The number of carbonyl (C=O) groups is 5. The van der Waals surface area contributed by atoms with Gasteiger partial charge in [0.25, 0.3) is 5.91 Å². The van der Waals surface area contributed by atoms with Gasteiger partial charge in [-0.2, -0.15) is 0 Å². The van der Waals surface area contributed by atoms with Crippen molar-refractivity contribution in [1.82, 2.24) is 40.4 Å². The SMILES string of the molecule is CCn1c(-c2cccnc2[C@H](C)OC)c2c3cc(ccc31)-c1cc(O)cc(c1)C[C@H](NC(=O)[C@H](C(C)C)N(C)C(=O)[C@H]1CCCN(C(=O)[C@@H]3CN3)C1)C(=O)N1CCC[C@H](N1)C(=O)OCC(C)(C)C2. The number of fused-ring (bicyclic) bond motifs is 6. The third-order valence-corrected chi connectivity index (χ3v) is 14.1. The summed E-state index contributed by atoms with van der Waals surface area (Å²) in [7, 11) is 3.29. The minimum absolute atomic E-state index is 0.00368. The minimum atomic E-state index is -1.16. The molecule has 0 aliphatic carbocycles. The summed E-state index contributed by atoms with van der Waals surface area (Å²) in [6.07, 6.45) is 4.26. The number of aryl methyl sites for hydroxylation is 1. The van der Waals surface area contributed by atoms with Gasteiger partial charge in [-0.05, 0) is 111 Å². The highest BCUT2D eigenvalue weighted by atomic mass is 16.5. The fourth-order valence-electron chi connectivity index (χ4n) is 10.5. The molecule has 6 atom stereocenters. The van der Waals surface area contributed by atoms with Crippen molar-refractivity contribution < 1.29 is 38.6 Å². The molecule has 6 heterocycles. The summed E-state index contributed by atoms with van der Waals surface area (Å²) in [4.78, 5) is 78.5. The number of phenols is 1. The zero-order valence-electron chi connectivity index (χ0n) is 40.8. The van der Waals surface area contributed by atoms with Crippen LogP contribution < -0.4 is 16.1 Å². The van der Waals surface area contributed by atoms with Crippen LogP contribution in [0.5, 0.6) is 5.75 Å². The average Bonchev–Trinajstić information content (AvgIpc) is 4.14. The van der Waals surface area contributed by atoms with Gasteiger partial charge in [-0.15, -0.1) is 0 Å². The molecular weight excluding hydrogens is 865 g/mol. The van der Waals surface area contributed by atoms with Crippen molar-refractivity contribution in [3.05, 3.63) is 71.5 Å². The molecule has 3 saturated heterocycles. The lowest BCUT2D eigenvalue weighted by Crippen LogP contribution is -2.62. The summed E-state index contributed by atoms with van der Waals surface area (Å²) < 4.78 is 14.2. The van der Waals surface area contributed by atoms with E-state index in [0.29, 0.717) is 57.3 Å². The molecule has 68 heavy (non-hydrogen) atoms. The molecule has 0 spiro atoms. The Morgan fingerprint density at radius 2 is 1.81 bits per heavy atom. The van der Waals surface area contributed by atoms with E-state index in [-0.39, 0.29) is 61.7 Å². The number of benzene rings is 2. The number of esters is 1. The van der Waals surface area contributed by atoms with E-state index in [9.17, 15) is 29.1 Å². The Balaban J connectivity index is 1.18. The van der Waals surface area contributed by atoms with E-state index in [1.54, 1.807) is 37.4 Å². The topological polar surface area (TPSA) is 198 Å². The number of likely N-dealkylation sites (tertiary alicyclic amines) is 1. The van der Waals surface area contributed by atoms with E-state index in [1.807, 2.05) is 39.0 Å². The van der Waals surface area contributed by atoms with Crippen LogP contribution in [0.3, 0.4) is 0 Å². The number of aromatic nitrogens is 2. The van der Waals surface area contributed by atoms with E-state index < -0.39 is 47.2 Å². The van der Waals surface area contributed by atoms with Crippen molar-refractivity contribution in [2.75, 3.05) is 46.9 Å². The van der Waals surface area contributed by atoms with E-state index >= 15 is 0 Å². The monoisotopic (exact) mass is 933 g/mol. The third kappa shape index (κ3) is 10.1. The highest BCUT2D eigenvalue weighted by molar-refractivity contribution is 5.96. The number of hydrogen-bond donors (Lipinski definition) is 4. The zero-order valence-corrected chi connectivity index (χ0v) is 40.8. The van der Waals surface area contributed by atoms with Gasteiger partial charge in [0.1, 0.15) is 23.9 Å². The summed E-state index contributed by atoms with van der Waals surface area (Å²) in [6, 6.07) is 12.4. The average molecular weight is 933 g/mol. The number of aromatic hydroxyl groups is 1. The molecule has 4 N–H and O–H groups in total. The first kappa shape index (κ1) is 48.6. The van der Waals surface area contributed by atoms with Crippen LogP contribution in [0.25, 0.3) is 33.3 Å². The lowest BCUT2D eigenvalue weighted by atomic mass is 9.84. The van der Waals surface area contributed by atoms with Gasteiger partial charge < -0.3 is 39.6 Å². The molecular formula is C52H68N8O8. The maximum atomic E-state index is 14.8. The van der Waals surface area contributed by atoms with Crippen LogP contribution in [0.15, 0.2) is 54.7 Å². The summed E-state index contributed by atoms with van der Waals surface area (Å²) in [5.41, 5.74) is 9.58. The molecule has 3 fully saturated rings. The highest BCUT2D eigenvalue weighted by Crippen LogP contribution is 2.42. The van der Waals surface area contributed by atoms with E-state index in [0.717, 1.165) is 44.5 Å². The normalized spacial score (nSPS) is 22.8. The Morgan fingerprint density at radius 3 is 2.53 bits per heavy atom. The zero-order chi connectivity index (χ0) is 48.6. The molecule has 0 saturated carbocycles. The van der Waals surface area contributed by atoms with Crippen molar-refractivity contribution in [3.8, 4) is 28.1 Å². The van der Waals surface area contributed by atoms with Crippen molar-refractivity contribution in [3.63, 3.8) is 0 Å². The molecule has 4 aromatic rings. The second-order valence-electron chi connectivity index (χ2n) is 20.3. The van der Waals surface area contributed by atoms with Crippen LogP contribution in [0.2, 0.25) is 0 Å². The first-order chi connectivity index (χ1) is 32.5. The van der Waals surface area contributed by atoms with Crippen molar-refractivity contribution in [2.24, 2.45) is 17.3 Å². The van der Waals surface area contributed by atoms with Gasteiger partial charge in [-0.3, -0.25) is 34.0 Å². The number of nitrogens with zero attached hydrogens (tertiary/aromatic N) is 5. The molecule has 0 unspecified atom stereocenters. The van der Waals surface area contributed by atoms with E-state index in [2.05, 4.69) is 59.6 Å². The smallest absolute Gasteiger partial charge is 0.324 e. The third-order valence-electron chi connectivity index (χ3n) is 14.1. The lowest BCUT2D eigenvalue weighted by molar-refractivity contribution is -0.155. The number of ether oxygens (including phenoxy) is 2. The molecule has 2 aromatic heterocycles. The first-order valence-corrected chi connectivity index (χ1v) is 24.3. The number of likely N-dealkylation sites (N-methyl/N-ethyl adjacent to an activating group) is 1. The van der Waals surface area contributed by atoms with Crippen molar-refractivity contribution in [2.45, 2.75) is 117 Å². The summed E-state index contributed by atoms with van der Waals surface area (Å²) in [5.74, 6) is -2.51. The minimum Gasteiger partial charge on any atom is -0.508 e. The predicted molar refractivity (Wildman–Crippen MR) is 258 cm³/mol. The van der Waals surface area contributed by atoms with Crippen molar-refractivity contribution in [1.29, 1.82) is 0 Å². The Bertz CT molecular complexity index is 2570. The first-order valence-electron chi connectivity index (χ1n) is 24.3. The van der Waals surface area contributed by atoms with Gasteiger partial charge in [0, 0.05) is 81.4 Å². The number of phenolic OH excluding ortho intramolecular Hbond substituents is 1. The summed E-state index contributed by atoms with van der Waals surface area (Å²) in [5, 5.41) is 19.8.